The van der Waals surface area contributed by atoms with Crippen LogP contribution in [0.1, 0.15) is 0 Å². The molecule has 10 aromatic rings. The quantitative estimate of drug-likeness (QED) is 0.163. The van der Waals surface area contributed by atoms with E-state index in [-0.39, 0.29) is 0 Å². The zero-order valence-corrected chi connectivity index (χ0v) is 29.1. The number of rotatable bonds is 6. The van der Waals surface area contributed by atoms with Gasteiger partial charge in [-0.15, -0.1) is 0 Å². The van der Waals surface area contributed by atoms with Crippen molar-refractivity contribution in [3.05, 3.63) is 188 Å². The highest BCUT2D eigenvalue weighted by atomic mass is 15.0. The third-order valence-corrected chi connectivity index (χ3v) is 10.0. The van der Waals surface area contributed by atoms with Crippen molar-refractivity contribution in [2.75, 3.05) is 0 Å². The summed E-state index contributed by atoms with van der Waals surface area (Å²) in [7, 11) is 0. The molecule has 5 nitrogen and oxygen atoms in total. The molecule has 0 saturated carbocycles. The Morgan fingerprint density at radius 1 is 0.278 bits per heavy atom. The predicted molar refractivity (Wildman–Crippen MR) is 221 cm³/mol. The Balaban J connectivity index is 0.984. The fraction of sp³-hybridized carbons (Fsp3) is 0. The van der Waals surface area contributed by atoms with E-state index in [4.69, 9.17) is 19.9 Å². The number of fused-ring (bicyclic) bond motifs is 4. The van der Waals surface area contributed by atoms with Crippen LogP contribution in [0.3, 0.4) is 0 Å². The summed E-state index contributed by atoms with van der Waals surface area (Å²) < 4.78 is 0. The highest BCUT2D eigenvalue weighted by Crippen LogP contribution is 2.37. The maximum atomic E-state index is 5.06. The van der Waals surface area contributed by atoms with E-state index in [9.17, 15) is 0 Å². The first-order chi connectivity index (χ1) is 26.7. The fourth-order valence-corrected chi connectivity index (χ4v) is 7.24. The van der Waals surface area contributed by atoms with E-state index in [1.54, 1.807) is 0 Å². The molecule has 0 amide bonds. The smallest absolute Gasteiger partial charge is 0.164 e. The number of hydrogen-bond acceptors (Lipinski definition) is 5. The van der Waals surface area contributed by atoms with Crippen LogP contribution in [-0.4, -0.2) is 24.9 Å². The number of aromatic nitrogens is 5. The molecule has 7 aromatic carbocycles. The van der Waals surface area contributed by atoms with E-state index in [1.165, 1.54) is 21.9 Å². The lowest BCUT2D eigenvalue weighted by Gasteiger charge is -2.13. The van der Waals surface area contributed by atoms with Crippen molar-refractivity contribution in [1.29, 1.82) is 0 Å². The summed E-state index contributed by atoms with van der Waals surface area (Å²) >= 11 is 0. The van der Waals surface area contributed by atoms with Gasteiger partial charge in [0.05, 0.1) is 16.7 Å². The Hall–Kier alpha value is -7.37. The monoisotopic (exact) mass is 689 g/mol. The van der Waals surface area contributed by atoms with Crippen molar-refractivity contribution in [2.24, 2.45) is 0 Å². The first kappa shape index (κ1) is 31.4. The zero-order valence-electron chi connectivity index (χ0n) is 29.1. The second kappa shape index (κ2) is 13.3. The minimum atomic E-state index is 0.641. The molecule has 0 bridgehead atoms. The van der Waals surface area contributed by atoms with Gasteiger partial charge in [0.2, 0.25) is 0 Å². The van der Waals surface area contributed by atoms with E-state index >= 15 is 0 Å². The van der Waals surface area contributed by atoms with Crippen LogP contribution >= 0.6 is 0 Å². The first-order valence-electron chi connectivity index (χ1n) is 18.0. The van der Waals surface area contributed by atoms with Crippen LogP contribution in [0.15, 0.2) is 188 Å². The average Bonchev–Trinajstić information content (AvgIpc) is 3.26. The molecule has 3 aromatic heterocycles. The standard InChI is InChI=1S/C49H31N5/c1-3-10-37(11-4-1)47-52-48(38-12-5-2-6-13-38)54-49(53-47)39-25-19-33(20-26-39)41-29-28-40(42-15-7-8-16-43(41)42)32-17-21-34(22-18-32)44-30-27-36-24-23-35-14-9-31-50-45(35)46(36)51-44/h1-31H. The molecule has 5 heteroatoms. The fourth-order valence-electron chi connectivity index (χ4n) is 7.24. The molecule has 0 aliphatic heterocycles. The van der Waals surface area contributed by atoms with Gasteiger partial charge >= 0.3 is 0 Å². The van der Waals surface area contributed by atoms with Crippen molar-refractivity contribution in [3.63, 3.8) is 0 Å². The van der Waals surface area contributed by atoms with Gasteiger partial charge in [-0.2, -0.15) is 0 Å². The highest BCUT2D eigenvalue weighted by Gasteiger charge is 2.14. The molecule has 252 valence electrons. The lowest BCUT2D eigenvalue weighted by atomic mass is 9.91. The maximum Gasteiger partial charge on any atom is 0.164 e. The molecule has 0 radical (unpaired) electrons. The van der Waals surface area contributed by atoms with Crippen LogP contribution in [0.5, 0.6) is 0 Å². The molecule has 54 heavy (non-hydrogen) atoms. The average molecular weight is 690 g/mol. The van der Waals surface area contributed by atoms with Gasteiger partial charge in [0.25, 0.3) is 0 Å². The molecule has 0 fully saturated rings. The third kappa shape index (κ3) is 5.74. The summed E-state index contributed by atoms with van der Waals surface area (Å²) in [5, 5.41) is 4.57. The van der Waals surface area contributed by atoms with Crippen molar-refractivity contribution < 1.29 is 0 Å². The molecule has 0 spiro atoms. The Morgan fingerprint density at radius 3 is 1.28 bits per heavy atom. The Labute approximate surface area is 312 Å². The largest absolute Gasteiger partial charge is 0.254 e. The van der Waals surface area contributed by atoms with Gasteiger partial charge in [-0.1, -0.05) is 170 Å². The third-order valence-electron chi connectivity index (χ3n) is 10.0. The van der Waals surface area contributed by atoms with Crippen molar-refractivity contribution in [1.82, 2.24) is 24.9 Å². The molecule has 10 rings (SSSR count). The van der Waals surface area contributed by atoms with Crippen molar-refractivity contribution in [3.8, 4) is 67.7 Å². The summed E-state index contributed by atoms with van der Waals surface area (Å²) in [4.78, 5) is 24.4. The van der Waals surface area contributed by atoms with Crippen molar-refractivity contribution >= 4 is 32.6 Å². The molecule has 0 unspecified atom stereocenters. The Bertz CT molecular complexity index is 2900. The second-order valence-electron chi connectivity index (χ2n) is 13.3. The van der Waals surface area contributed by atoms with Crippen LogP contribution in [0.2, 0.25) is 0 Å². The number of hydrogen-bond donors (Lipinski definition) is 0. The van der Waals surface area contributed by atoms with Crippen LogP contribution in [0.25, 0.3) is 100 Å². The van der Waals surface area contributed by atoms with E-state index in [0.29, 0.717) is 17.5 Å². The summed E-state index contributed by atoms with van der Waals surface area (Å²) in [6, 6.07) is 63.0. The normalized spacial score (nSPS) is 11.3. The highest BCUT2D eigenvalue weighted by molar-refractivity contribution is 6.05. The van der Waals surface area contributed by atoms with Gasteiger partial charge in [-0.3, -0.25) is 4.98 Å². The topological polar surface area (TPSA) is 64.5 Å². The Kier molecular flexibility index (Phi) is 7.73. The van der Waals surface area contributed by atoms with Crippen molar-refractivity contribution in [2.45, 2.75) is 0 Å². The lowest BCUT2D eigenvalue weighted by Crippen LogP contribution is -2.00. The predicted octanol–water partition coefficient (Wildman–Crippen LogP) is 12.1. The Morgan fingerprint density at radius 2 is 0.722 bits per heavy atom. The van der Waals surface area contributed by atoms with Crippen LogP contribution in [-0.2, 0) is 0 Å². The second-order valence-corrected chi connectivity index (χ2v) is 13.3. The van der Waals surface area contributed by atoms with E-state index in [0.717, 1.165) is 60.9 Å². The first-order valence-corrected chi connectivity index (χ1v) is 18.0. The van der Waals surface area contributed by atoms with Gasteiger partial charge in [0.1, 0.15) is 0 Å². The van der Waals surface area contributed by atoms with Crippen LogP contribution in [0, 0.1) is 0 Å². The zero-order chi connectivity index (χ0) is 35.8. The van der Waals surface area contributed by atoms with E-state index < -0.39 is 0 Å². The summed E-state index contributed by atoms with van der Waals surface area (Å²) in [6.07, 6.45) is 1.83. The van der Waals surface area contributed by atoms with Gasteiger partial charge in [0, 0.05) is 39.2 Å². The molecule has 0 N–H and O–H groups in total. The molecule has 0 atom stereocenters. The lowest BCUT2D eigenvalue weighted by molar-refractivity contribution is 1.07. The van der Waals surface area contributed by atoms with E-state index in [1.807, 2.05) is 72.9 Å². The minimum absolute atomic E-state index is 0.641. The molecular weight excluding hydrogens is 659 g/mol. The maximum absolute atomic E-state index is 5.06. The SMILES string of the molecule is c1ccc(-c2nc(-c3ccccc3)nc(-c3ccc(-c4ccc(-c5ccc(-c6ccc7ccc8cccnc8c7n6)cc5)c5ccccc45)cc3)n2)cc1. The van der Waals surface area contributed by atoms with Gasteiger partial charge < -0.3 is 0 Å². The number of nitrogens with zero attached hydrogens (tertiary/aromatic N) is 5. The molecule has 0 aliphatic rings. The molecular formula is C49H31N5. The minimum Gasteiger partial charge on any atom is -0.254 e. The number of benzene rings is 7. The van der Waals surface area contributed by atoms with Crippen LogP contribution in [0.4, 0.5) is 0 Å². The summed E-state index contributed by atoms with van der Waals surface area (Å²) in [5.74, 6) is 1.94. The van der Waals surface area contributed by atoms with E-state index in [2.05, 4.69) is 120 Å². The van der Waals surface area contributed by atoms with Gasteiger partial charge in [-0.25, -0.2) is 19.9 Å². The van der Waals surface area contributed by atoms with Gasteiger partial charge in [-0.05, 0) is 45.2 Å². The molecule has 0 saturated heterocycles. The molecule has 0 aliphatic carbocycles. The molecule has 3 heterocycles. The summed E-state index contributed by atoms with van der Waals surface area (Å²) in [6.45, 7) is 0. The van der Waals surface area contributed by atoms with Crippen LogP contribution < -0.4 is 0 Å². The van der Waals surface area contributed by atoms with Gasteiger partial charge in [0.15, 0.2) is 17.5 Å². The summed E-state index contributed by atoms with van der Waals surface area (Å²) in [5.41, 5.74) is 11.3. The number of pyridine rings is 2.